The zero-order valence-corrected chi connectivity index (χ0v) is 25.7. The van der Waals surface area contributed by atoms with Crippen LogP contribution in [0, 0.1) is 12.1 Å². The first kappa shape index (κ1) is 31.4. The van der Waals surface area contributed by atoms with Gasteiger partial charge in [-0.1, -0.05) is 48.0 Å². The quantitative estimate of drug-likeness (QED) is 0.246. The maximum Gasteiger partial charge on any atom is 0.231 e. The number of hydrogen-bond donors (Lipinski definition) is 2. The van der Waals surface area contributed by atoms with Crippen molar-refractivity contribution in [3.63, 3.8) is 0 Å². The Kier molecular flexibility index (Phi) is 9.97. The van der Waals surface area contributed by atoms with Crippen molar-refractivity contribution in [2.45, 2.75) is 52.4 Å². The molecule has 0 unspecified atom stereocenters. The van der Waals surface area contributed by atoms with Gasteiger partial charge >= 0.3 is 0 Å². The lowest BCUT2D eigenvalue weighted by Crippen LogP contribution is -2.36. The molecule has 0 spiro atoms. The van der Waals surface area contributed by atoms with Crippen LogP contribution in [0.1, 0.15) is 49.9 Å². The van der Waals surface area contributed by atoms with E-state index in [1.807, 2.05) is 50.2 Å². The van der Waals surface area contributed by atoms with E-state index in [0.717, 1.165) is 16.8 Å². The number of nitrogens with one attached hydrogen (secondary N) is 1. The molecule has 4 aromatic carbocycles. The Hall–Kier alpha value is -4.51. The predicted molar refractivity (Wildman–Crippen MR) is 169 cm³/mol. The molecule has 2 N–H and O–H groups in total. The Balaban J connectivity index is 0.000000530. The van der Waals surface area contributed by atoms with Crippen LogP contribution in [0.25, 0.3) is 0 Å². The van der Waals surface area contributed by atoms with Gasteiger partial charge in [0.05, 0.1) is 26.2 Å². The van der Waals surface area contributed by atoms with E-state index in [1.54, 1.807) is 61.4 Å². The van der Waals surface area contributed by atoms with Crippen LogP contribution in [-0.2, 0) is 28.2 Å². The van der Waals surface area contributed by atoms with Crippen LogP contribution in [0.15, 0.2) is 78.9 Å². The fourth-order valence-electron chi connectivity index (χ4n) is 4.76. The van der Waals surface area contributed by atoms with Crippen molar-refractivity contribution < 1.29 is 24.2 Å². The summed E-state index contributed by atoms with van der Waals surface area (Å²) in [5.41, 5.74) is 3.52. The fourth-order valence-corrected chi connectivity index (χ4v) is 4.87. The van der Waals surface area contributed by atoms with Crippen molar-refractivity contribution >= 4 is 34.8 Å². The van der Waals surface area contributed by atoms with Gasteiger partial charge in [-0.15, -0.1) is 0 Å². The third kappa shape index (κ3) is 7.86. The molecule has 0 fully saturated rings. The van der Waals surface area contributed by atoms with E-state index < -0.39 is 5.60 Å². The van der Waals surface area contributed by atoms with Crippen molar-refractivity contribution in [2.75, 3.05) is 17.3 Å². The molecule has 4 aromatic rings. The number of methoxy groups -OCH3 is 1. The molecular formula is C35H35ClN2O5. The Bertz CT molecular complexity index is 1550. The Morgan fingerprint density at radius 3 is 2.14 bits per heavy atom. The van der Waals surface area contributed by atoms with E-state index in [9.17, 15) is 14.7 Å². The lowest BCUT2D eigenvalue weighted by atomic mass is 9.88. The van der Waals surface area contributed by atoms with E-state index in [1.165, 1.54) is 6.92 Å². The summed E-state index contributed by atoms with van der Waals surface area (Å²) >= 11 is 5.49. The van der Waals surface area contributed by atoms with Crippen LogP contribution in [0.4, 0.5) is 11.4 Å². The van der Waals surface area contributed by atoms with Gasteiger partial charge in [-0.05, 0) is 91.6 Å². The lowest BCUT2D eigenvalue weighted by Gasteiger charge is -2.31. The number of benzene rings is 3. The normalized spacial score (nSPS) is 13.6. The zero-order valence-electron chi connectivity index (χ0n) is 24.9. The number of fused-ring (bicyclic) bond motifs is 1. The Labute approximate surface area is 258 Å². The van der Waals surface area contributed by atoms with Gasteiger partial charge in [0.1, 0.15) is 5.60 Å². The highest BCUT2D eigenvalue weighted by Gasteiger charge is 2.29. The molecule has 0 bridgehead atoms. The largest absolute Gasteiger partial charge is 0.493 e. The highest BCUT2D eigenvalue weighted by Crippen LogP contribution is 2.36. The van der Waals surface area contributed by atoms with Gasteiger partial charge < -0.3 is 24.8 Å². The zero-order chi connectivity index (χ0) is 31.1. The van der Waals surface area contributed by atoms with Crippen molar-refractivity contribution in [3.05, 3.63) is 118 Å². The first-order chi connectivity index (χ1) is 20.5. The van der Waals surface area contributed by atoms with Gasteiger partial charge in [0.25, 0.3) is 0 Å². The summed E-state index contributed by atoms with van der Waals surface area (Å²) in [4.78, 5) is 26.0. The van der Waals surface area contributed by atoms with Gasteiger partial charge in [0.2, 0.25) is 11.8 Å². The number of hydrogen-bond acceptors (Lipinski definition) is 5. The third-order valence-corrected chi connectivity index (χ3v) is 7.18. The molecule has 222 valence electrons. The van der Waals surface area contributed by atoms with Crippen LogP contribution in [-0.4, -0.2) is 30.1 Å². The molecule has 8 heteroatoms. The molecule has 1 heterocycles. The topological polar surface area (TPSA) is 88.1 Å². The monoisotopic (exact) mass is 598 g/mol. The summed E-state index contributed by atoms with van der Waals surface area (Å²) in [6, 6.07) is 28.9. The Morgan fingerprint density at radius 2 is 1.63 bits per heavy atom. The maximum atomic E-state index is 13.0. The van der Waals surface area contributed by atoms with Crippen LogP contribution < -0.4 is 19.7 Å². The first-order valence-electron chi connectivity index (χ1n) is 13.9. The molecule has 2 amide bonds. The van der Waals surface area contributed by atoms with E-state index in [-0.39, 0.29) is 24.3 Å². The second-order valence-corrected chi connectivity index (χ2v) is 11.1. The second kappa shape index (κ2) is 13.6. The molecule has 1 aliphatic heterocycles. The predicted octanol–water partition coefficient (Wildman–Crippen LogP) is 6.73. The van der Waals surface area contributed by atoms with E-state index >= 15 is 0 Å². The number of carbonyl (C=O) groups is 2. The van der Waals surface area contributed by atoms with Gasteiger partial charge in [-0.3, -0.25) is 9.59 Å². The second-order valence-electron chi connectivity index (χ2n) is 10.6. The first-order valence-corrected chi connectivity index (χ1v) is 14.3. The molecule has 7 nitrogen and oxygen atoms in total. The number of aliphatic hydroxyl groups is 1. The number of anilines is 2. The summed E-state index contributed by atoms with van der Waals surface area (Å²) < 4.78 is 11.4. The van der Waals surface area contributed by atoms with Crippen LogP contribution in [0.3, 0.4) is 0 Å². The Morgan fingerprint density at radius 1 is 1.00 bits per heavy atom. The molecule has 0 saturated carbocycles. The van der Waals surface area contributed by atoms with Gasteiger partial charge in [0, 0.05) is 29.4 Å². The molecule has 0 aromatic heterocycles. The molecule has 0 radical (unpaired) electrons. The van der Waals surface area contributed by atoms with Crippen LogP contribution >= 0.6 is 11.6 Å². The summed E-state index contributed by atoms with van der Waals surface area (Å²) in [5.74, 6) is 1.13. The lowest BCUT2D eigenvalue weighted by molar-refractivity contribution is -0.118. The third-order valence-electron chi connectivity index (χ3n) is 6.95. The average molecular weight is 599 g/mol. The number of halogens is 1. The number of ether oxygens (including phenoxy) is 2. The number of carbonyl (C=O) groups excluding carboxylic acids is 2. The van der Waals surface area contributed by atoms with Crippen molar-refractivity contribution in [1.82, 2.24) is 0 Å². The van der Waals surface area contributed by atoms with E-state index in [0.29, 0.717) is 39.9 Å². The van der Waals surface area contributed by atoms with E-state index in [4.69, 9.17) is 21.1 Å². The smallest absolute Gasteiger partial charge is 0.231 e. The molecule has 0 aliphatic carbocycles. The average Bonchev–Trinajstić information content (AvgIpc) is 2.97. The maximum absolute atomic E-state index is 13.0. The standard InChI is InChI=1S/C29H32N2O5.C6H3Cl/c1-18(2)36-27-15-21-17-31(28(33)16-20(21)14-26(27)35-5)25-12-8-23(9-13-25)29(4,34)22-6-10-24(11-7-22)30-19(3)32;7-6-4-2-1-3-5-6/h6-15,18,34H,16-17H2,1-5H3,(H,30,32);2,4-5H/t29-;/m1./s1. The fraction of sp³-hybridized carbons (Fsp3) is 0.257. The summed E-state index contributed by atoms with van der Waals surface area (Å²) in [7, 11) is 1.60. The van der Waals surface area contributed by atoms with Crippen LogP contribution in [0.5, 0.6) is 11.5 Å². The van der Waals surface area contributed by atoms with Crippen molar-refractivity contribution in [3.8, 4) is 11.5 Å². The highest BCUT2D eigenvalue weighted by atomic mass is 35.5. The van der Waals surface area contributed by atoms with Crippen molar-refractivity contribution in [2.24, 2.45) is 0 Å². The van der Waals surface area contributed by atoms with Gasteiger partial charge in [0.15, 0.2) is 11.5 Å². The SMILES string of the molecule is COc1cc2c(cc1OC(C)C)CN(c1ccc([C@](C)(O)c3ccc(NC(C)=O)cc3)cc1)C(=O)C2.Clc1cc#ccc1. The van der Waals surface area contributed by atoms with Crippen LogP contribution in [0.2, 0.25) is 5.02 Å². The highest BCUT2D eigenvalue weighted by molar-refractivity contribution is 6.30. The molecule has 5 rings (SSSR count). The number of amides is 2. The molecule has 1 atom stereocenters. The summed E-state index contributed by atoms with van der Waals surface area (Å²) in [5, 5.41) is 14.7. The number of nitrogens with zero attached hydrogens (tertiary/aromatic N) is 1. The minimum absolute atomic E-state index is 0.000199. The minimum Gasteiger partial charge on any atom is -0.493 e. The van der Waals surface area contributed by atoms with Gasteiger partial charge in [-0.25, -0.2) is 0 Å². The summed E-state index contributed by atoms with van der Waals surface area (Å²) in [6.07, 6.45) is 0.272. The molecule has 1 aliphatic rings. The summed E-state index contributed by atoms with van der Waals surface area (Å²) in [6.45, 7) is 7.52. The molecule has 43 heavy (non-hydrogen) atoms. The number of rotatable bonds is 7. The van der Waals surface area contributed by atoms with Crippen molar-refractivity contribution in [1.29, 1.82) is 0 Å². The van der Waals surface area contributed by atoms with Gasteiger partial charge in [-0.2, -0.15) is 0 Å². The molecule has 0 saturated heterocycles. The molecular weight excluding hydrogens is 564 g/mol. The van der Waals surface area contributed by atoms with E-state index in [2.05, 4.69) is 17.4 Å². The minimum atomic E-state index is -1.24.